The highest BCUT2D eigenvalue weighted by Crippen LogP contribution is 2.28. The Morgan fingerprint density at radius 2 is 1.80 bits per heavy atom. The average molecular weight is 440 g/mol. The maximum atomic E-state index is 12.6. The molecular weight excluding hydrogens is 422 g/mol. The van der Waals surface area contributed by atoms with Crippen LogP contribution in [0.3, 0.4) is 0 Å². The molecule has 7 nitrogen and oxygen atoms in total. The zero-order chi connectivity index (χ0) is 21.1. The molecule has 2 aromatic carbocycles. The van der Waals surface area contributed by atoms with Crippen molar-refractivity contribution in [3.63, 3.8) is 0 Å². The molecule has 0 bridgehead atoms. The standard InChI is InChI=1S/C21H18ClN5O2S/c1-12-18(30-21(24-12)14-3-7-15(22)8-4-14)20(28)23-11-17-25-19(27-26-17)13-5-9-16(29-2)10-6-13/h3-10H,11H2,1-2H3,(H,23,28)(H,25,26,27). The van der Waals surface area contributed by atoms with Crippen LogP contribution in [0.15, 0.2) is 48.5 Å². The van der Waals surface area contributed by atoms with Gasteiger partial charge in [0.15, 0.2) is 5.82 Å². The lowest BCUT2D eigenvalue weighted by Gasteiger charge is -2.01. The van der Waals surface area contributed by atoms with Crippen LogP contribution in [-0.4, -0.2) is 33.2 Å². The molecule has 30 heavy (non-hydrogen) atoms. The van der Waals surface area contributed by atoms with Gasteiger partial charge in [-0.3, -0.25) is 9.89 Å². The highest BCUT2D eigenvalue weighted by Gasteiger charge is 2.17. The van der Waals surface area contributed by atoms with E-state index in [1.165, 1.54) is 11.3 Å². The first kappa shape index (κ1) is 20.1. The fraction of sp³-hybridized carbons (Fsp3) is 0.143. The lowest BCUT2D eigenvalue weighted by atomic mass is 10.2. The number of methoxy groups -OCH3 is 1. The molecule has 0 fully saturated rings. The third kappa shape index (κ3) is 4.34. The number of carbonyl (C=O) groups excluding carboxylic acids is 1. The van der Waals surface area contributed by atoms with E-state index >= 15 is 0 Å². The summed E-state index contributed by atoms with van der Waals surface area (Å²) in [5.41, 5.74) is 2.46. The molecule has 0 spiro atoms. The van der Waals surface area contributed by atoms with Crippen molar-refractivity contribution >= 4 is 28.8 Å². The minimum absolute atomic E-state index is 0.201. The summed E-state index contributed by atoms with van der Waals surface area (Å²) in [6.45, 7) is 2.05. The van der Waals surface area contributed by atoms with E-state index in [1.807, 2.05) is 43.3 Å². The van der Waals surface area contributed by atoms with Crippen LogP contribution in [0.25, 0.3) is 22.0 Å². The van der Waals surface area contributed by atoms with Crippen LogP contribution in [-0.2, 0) is 6.54 Å². The van der Waals surface area contributed by atoms with E-state index in [9.17, 15) is 4.79 Å². The third-order valence-electron chi connectivity index (χ3n) is 4.39. The maximum absolute atomic E-state index is 12.6. The van der Waals surface area contributed by atoms with Gasteiger partial charge in [0.2, 0.25) is 0 Å². The van der Waals surface area contributed by atoms with E-state index in [0.717, 1.165) is 21.9 Å². The fourth-order valence-electron chi connectivity index (χ4n) is 2.81. The summed E-state index contributed by atoms with van der Waals surface area (Å²) >= 11 is 7.28. The summed E-state index contributed by atoms with van der Waals surface area (Å²) in [6, 6.07) is 14.8. The Morgan fingerprint density at radius 3 is 2.50 bits per heavy atom. The summed E-state index contributed by atoms with van der Waals surface area (Å²) in [4.78, 5) is 22.2. The van der Waals surface area contributed by atoms with Crippen molar-refractivity contribution < 1.29 is 9.53 Å². The van der Waals surface area contributed by atoms with Gasteiger partial charge in [0.1, 0.15) is 21.5 Å². The van der Waals surface area contributed by atoms with Crippen molar-refractivity contribution in [3.8, 4) is 27.7 Å². The van der Waals surface area contributed by atoms with Crippen LogP contribution < -0.4 is 10.1 Å². The number of halogens is 1. The largest absolute Gasteiger partial charge is 0.497 e. The number of aromatic amines is 1. The van der Waals surface area contributed by atoms with Gasteiger partial charge in [-0.25, -0.2) is 9.97 Å². The molecule has 0 aliphatic heterocycles. The van der Waals surface area contributed by atoms with Gasteiger partial charge >= 0.3 is 0 Å². The second-order valence-corrected chi connectivity index (χ2v) is 7.89. The summed E-state index contributed by atoms with van der Waals surface area (Å²) in [7, 11) is 1.62. The Hall–Kier alpha value is -3.23. The smallest absolute Gasteiger partial charge is 0.263 e. The van der Waals surface area contributed by atoms with Crippen LogP contribution in [0.1, 0.15) is 21.2 Å². The molecule has 0 saturated carbocycles. The molecule has 9 heteroatoms. The number of nitrogens with zero attached hydrogens (tertiary/aromatic N) is 3. The summed E-state index contributed by atoms with van der Waals surface area (Å²) in [5, 5.41) is 11.4. The zero-order valence-corrected chi connectivity index (χ0v) is 17.8. The maximum Gasteiger partial charge on any atom is 0.263 e. The monoisotopic (exact) mass is 439 g/mol. The lowest BCUT2D eigenvalue weighted by molar-refractivity contribution is 0.0953. The predicted molar refractivity (Wildman–Crippen MR) is 117 cm³/mol. The van der Waals surface area contributed by atoms with Gasteiger partial charge in [-0.15, -0.1) is 11.3 Å². The first-order chi connectivity index (χ1) is 14.5. The quantitative estimate of drug-likeness (QED) is 0.461. The van der Waals surface area contributed by atoms with Crippen molar-refractivity contribution in [2.45, 2.75) is 13.5 Å². The van der Waals surface area contributed by atoms with E-state index in [4.69, 9.17) is 16.3 Å². The number of benzene rings is 2. The Kier molecular flexibility index (Phi) is 5.78. The number of amides is 1. The summed E-state index contributed by atoms with van der Waals surface area (Å²) in [5.74, 6) is 1.68. The van der Waals surface area contributed by atoms with Gasteiger partial charge in [0.25, 0.3) is 5.91 Å². The molecule has 4 aromatic rings. The first-order valence-corrected chi connectivity index (χ1v) is 10.3. The molecule has 2 aromatic heterocycles. The molecule has 4 rings (SSSR count). The molecule has 0 radical (unpaired) electrons. The second kappa shape index (κ2) is 8.64. The van der Waals surface area contributed by atoms with Crippen molar-refractivity contribution in [2.75, 3.05) is 7.11 Å². The molecule has 1 amide bonds. The number of nitrogens with one attached hydrogen (secondary N) is 2. The molecule has 0 atom stereocenters. The van der Waals surface area contributed by atoms with Crippen molar-refractivity contribution in [3.05, 3.63) is 69.9 Å². The fourth-order valence-corrected chi connectivity index (χ4v) is 3.92. The third-order valence-corrected chi connectivity index (χ3v) is 5.85. The van der Waals surface area contributed by atoms with Gasteiger partial charge < -0.3 is 10.1 Å². The molecular formula is C21H18ClN5O2S. The topological polar surface area (TPSA) is 92.8 Å². The summed E-state index contributed by atoms with van der Waals surface area (Å²) < 4.78 is 5.16. The minimum atomic E-state index is -0.201. The van der Waals surface area contributed by atoms with Crippen molar-refractivity contribution in [1.82, 2.24) is 25.5 Å². The Balaban J connectivity index is 1.42. The number of ether oxygens (including phenoxy) is 1. The number of carbonyl (C=O) groups is 1. The van der Waals surface area contributed by atoms with Gasteiger partial charge in [0, 0.05) is 16.1 Å². The lowest BCUT2D eigenvalue weighted by Crippen LogP contribution is -2.23. The molecule has 0 aliphatic carbocycles. The van der Waals surface area contributed by atoms with Crippen LogP contribution in [0.5, 0.6) is 5.75 Å². The van der Waals surface area contributed by atoms with Gasteiger partial charge in [-0.05, 0) is 43.3 Å². The number of aryl methyl sites for hydroxylation is 1. The van der Waals surface area contributed by atoms with Crippen molar-refractivity contribution in [1.29, 1.82) is 0 Å². The van der Waals surface area contributed by atoms with Crippen molar-refractivity contribution in [2.24, 2.45) is 0 Å². The number of aromatic nitrogens is 4. The minimum Gasteiger partial charge on any atom is -0.497 e. The Bertz CT molecular complexity index is 1170. The number of rotatable bonds is 6. The average Bonchev–Trinajstić information content (AvgIpc) is 3.39. The highest BCUT2D eigenvalue weighted by molar-refractivity contribution is 7.17. The van der Waals surface area contributed by atoms with E-state index in [-0.39, 0.29) is 12.5 Å². The predicted octanol–water partition coefficient (Wildman–Crippen LogP) is 4.50. The normalized spacial score (nSPS) is 10.8. The zero-order valence-electron chi connectivity index (χ0n) is 16.3. The number of thiazole rings is 1. The van der Waals surface area contributed by atoms with Crippen LogP contribution >= 0.6 is 22.9 Å². The molecule has 0 aliphatic rings. The first-order valence-electron chi connectivity index (χ1n) is 9.11. The molecule has 2 heterocycles. The number of H-pyrrole nitrogens is 1. The van der Waals surface area contributed by atoms with Gasteiger partial charge in [0.05, 0.1) is 19.3 Å². The Morgan fingerprint density at radius 1 is 1.10 bits per heavy atom. The van der Waals surface area contributed by atoms with Crippen LogP contribution in [0.4, 0.5) is 0 Å². The van der Waals surface area contributed by atoms with E-state index in [2.05, 4.69) is 25.5 Å². The van der Waals surface area contributed by atoms with E-state index in [1.54, 1.807) is 19.2 Å². The molecule has 2 N–H and O–H groups in total. The van der Waals surface area contributed by atoms with Crippen LogP contribution in [0.2, 0.25) is 5.02 Å². The van der Waals surface area contributed by atoms with Gasteiger partial charge in [-0.2, -0.15) is 5.10 Å². The number of hydrogen-bond donors (Lipinski definition) is 2. The highest BCUT2D eigenvalue weighted by atomic mass is 35.5. The SMILES string of the molecule is COc1ccc(-c2n[nH]c(CNC(=O)c3sc(-c4ccc(Cl)cc4)nc3C)n2)cc1. The van der Waals surface area contributed by atoms with Crippen LogP contribution in [0, 0.1) is 6.92 Å². The Labute approximate surface area is 182 Å². The molecule has 152 valence electrons. The van der Waals surface area contributed by atoms with Gasteiger partial charge in [-0.1, -0.05) is 23.7 Å². The van der Waals surface area contributed by atoms with E-state index < -0.39 is 0 Å². The second-order valence-electron chi connectivity index (χ2n) is 6.46. The number of hydrogen-bond acceptors (Lipinski definition) is 6. The molecule has 0 unspecified atom stereocenters. The molecule has 0 saturated heterocycles. The van der Waals surface area contributed by atoms with E-state index in [0.29, 0.717) is 27.2 Å². The summed E-state index contributed by atoms with van der Waals surface area (Å²) in [6.07, 6.45) is 0.